The maximum Gasteiger partial charge on any atom is 0.148 e. The summed E-state index contributed by atoms with van der Waals surface area (Å²) in [6, 6.07) is 34.1. The third kappa shape index (κ3) is 17.4. The molecule has 1 radical (unpaired) electrons. The monoisotopic (exact) mass is 804 g/mol. The Morgan fingerprint density at radius 3 is 1.35 bits per heavy atom. The van der Waals surface area contributed by atoms with E-state index in [4.69, 9.17) is 5.53 Å². The van der Waals surface area contributed by atoms with E-state index in [-0.39, 0.29) is 44.2 Å². The molecular weight excluding hydrogens is 745 g/mol. The van der Waals surface area contributed by atoms with Crippen molar-refractivity contribution in [1.29, 1.82) is 5.53 Å². The van der Waals surface area contributed by atoms with Crippen molar-refractivity contribution in [3.63, 3.8) is 0 Å². The number of hydrogen-bond donors (Lipinski definition) is 3. The van der Waals surface area contributed by atoms with E-state index in [9.17, 15) is 10.2 Å². The summed E-state index contributed by atoms with van der Waals surface area (Å²) in [6.07, 6.45) is 3.75. The van der Waals surface area contributed by atoms with Gasteiger partial charge in [0.15, 0.2) is 0 Å². The number of phenols is 2. The number of aromatic hydroxyl groups is 2. The van der Waals surface area contributed by atoms with E-state index < -0.39 is 0 Å². The SMILES string of the molecule is C=Nc1ccc2ccccc2c1O.C=Nc1ccc2ccccc2c1O.CCC.CCC.CCC.CN=N.CN=Nc1[c-]c2c(C)c(C)ccc2cc1.[Y]. The van der Waals surface area contributed by atoms with E-state index in [1.807, 2.05) is 66.7 Å². The van der Waals surface area contributed by atoms with Crippen LogP contribution in [0.5, 0.6) is 11.5 Å². The minimum atomic E-state index is 0. The van der Waals surface area contributed by atoms with Gasteiger partial charge in [-0.25, -0.2) is 10.6 Å². The number of rotatable bonds is 3. The second-order valence-corrected chi connectivity index (χ2v) is 11.6. The number of aliphatic imine (C=N–C) groups is 2. The van der Waals surface area contributed by atoms with Gasteiger partial charge < -0.3 is 10.2 Å². The van der Waals surface area contributed by atoms with Crippen LogP contribution in [0.2, 0.25) is 0 Å². The van der Waals surface area contributed by atoms with Crippen molar-refractivity contribution in [2.45, 2.75) is 74.7 Å². The fourth-order valence-corrected chi connectivity index (χ4v) is 4.39. The molecule has 9 heteroatoms. The van der Waals surface area contributed by atoms with Crippen molar-refractivity contribution in [2.75, 3.05) is 14.1 Å². The quantitative estimate of drug-likeness (QED) is 0.0936. The normalized spacial score (nSPS) is 9.30. The van der Waals surface area contributed by atoms with Crippen molar-refractivity contribution in [2.24, 2.45) is 25.3 Å². The summed E-state index contributed by atoms with van der Waals surface area (Å²) < 4.78 is 0. The third-order valence-electron chi connectivity index (χ3n) is 6.75. The molecule has 6 aromatic rings. The van der Waals surface area contributed by atoms with E-state index in [1.165, 1.54) is 42.8 Å². The fourth-order valence-electron chi connectivity index (χ4n) is 4.39. The van der Waals surface area contributed by atoms with Gasteiger partial charge in [0.25, 0.3) is 0 Å². The van der Waals surface area contributed by atoms with Crippen LogP contribution in [-0.4, -0.2) is 37.7 Å². The minimum Gasteiger partial charge on any atom is -0.505 e. The van der Waals surface area contributed by atoms with Gasteiger partial charge in [-0.1, -0.05) is 146 Å². The van der Waals surface area contributed by atoms with Crippen LogP contribution in [0.3, 0.4) is 0 Å². The molecule has 0 atom stereocenters. The molecule has 0 unspecified atom stereocenters. The molecule has 6 aromatic carbocycles. The van der Waals surface area contributed by atoms with E-state index >= 15 is 0 Å². The molecule has 0 saturated carbocycles. The molecule has 0 amide bonds. The summed E-state index contributed by atoms with van der Waals surface area (Å²) in [5.41, 5.74) is 10.2. The number of fused-ring (bicyclic) bond motifs is 3. The molecule has 285 valence electrons. The first-order valence-corrected chi connectivity index (χ1v) is 17.9. The summed E-state index contributed by atoms with van der Waals surface area (Å²) in [7, 11) is 3.08. The molecule has 0 aliphatic carbocycles. The molecule has 0 fully saturated rings. The largest absolute Gasteiger partial charge is 0.505 e. The molecule has 0 aromatic heterocycles. The van der Waals surface area contributed by atoms with Gasteiger partial charge in [0.05, 0.1) is 0 Å². The Hall–Kier alpha value is -4.66. The van der Waals surface area contributed by atoms with Crippen molar-refractivity contribution in [3.05, 3.63) is 114 Å². The zero-order chi connectivity index (χ0) is 40.2. The predicted octanol–water partition coefficient (Wildman–Crippen LogP) is 14.6. The molecule has 0 saturated heterocycles. The van der Waals surface area contributed by atoms with Crippen LogP contribution in [0.15, 0.2) is 122 Å². The summed E-state index contributed by atoms with van der Waals surface area (Å²) >= 11 is 0. The molecule has 0 heterocycles. The third-order valence-corrected chi connectivity index (χ3v) is 6.75. The second-order valence-electron chi connectivity index (χ2n) is 11.6. The van der Waals surface area contributed by atoms with Gasteiger partial charge in [-0.3, -0.25) is 9.98 Å². The first-order chi connectivity index (χ1) is 25.5. The van der Waals surface area contributed by atoms with Crippen LogP contribution in [0.1, 0.15) is 71.9 Å². The van der Waals surface area contributed by atoms with E-state index in [2.05, 4.69) is 118 Å². The number of phenolic OH excluding ortho intramolecular Hbond substituents is 2. The average molecular weight is 805 g/mol. The van der Waals surface area contributed by atoms with Gasteiger partial charge in [-0.2, -0.15) is 10.2 Å². The molecule has 0 aliphatic heterocycles. The van der Waals surface area contributed by atoms with Crippen molar-refractivity contribution in [3.8, 4) is 11.5 Å². The predicted molar refractivity (Wildman–Crippen MR) is 231 cm³/mol. The van der Waals surface area contributed by atoms with Crippen molar-refractivity contribution in [1.82, 2.24) is 0 Å². The average Bonchev–Trinajstić information content (AvgIpc) is 3.16. The van der Waals surface area contributed by atoms with Crippen molar-refractivity contribution < 1.29 is 42.9 Å². The molecular formula is C45H59N6O2Y-. The Kier molecular flexibility index (Phi) is 29.3. The summed E-state index contributed by atoms with van der Waals surface area (Å²) in [6.45, 7) is 23.7. The van der Waals surface area contributed by atoms with Crippen LogP contribution in [0.25, 0.3) is 32.3 Å². The van der Waals surface area contributed by atoms with Gasteiger partial charge in [0.2, 0.25) is 0 Å². The topological polar surface area (TPSA) is 126 Å². The summed E-state index contributed by atoms with van der Waals surface area (Å²) in [5, 5.41) is 35.9. The first kappa shape index (κ1) is 51.5. The van der Waals surface area contributed by atoms with Crippen LogP contribution in [0, 0.1) is 25.4 Å². The van der Waals surface area contributed by atoms with Gasteiger partial charge >= 0.3 is 0 Å². The molecule has 0 bridgehead atoms. The molecule has 3 N–H and O–H groups in total. The Labute approximate surface area is 349 Å². The number of nitrogens with one attached hydrogen (secondary N) is 1. The van der Waals surface area contributed by atoms with Gasteiger partial charge in [0, 0.05) is 63.3 Å². The maximum absolute atomic E-state index is 9.72. The van der Waals surface area contributed by atoms with E-state index in [1.54, 1.807) is 19.2 Å². The van der Waals surface area contributed by atoms with E-state index in [0.717, 1.165) is 32.6 Å². The van der Waals surface area contributed by atoms with Crippen LogP contribution in [0.4, 0.5) is 17.1 Å². The Balaban J connectivity index is 0. The second kappa shape index (κ2) is 30.8. The van der Waals surface area contributed by atoms with Crippen LogP contribution in [-0.2, 0) is 32.7 Å². The summed E-state index contributed by atoms with van der Waals surface area (Å²) in [5.74, 6) is 0.404. The zero-order valence-electron chi connectivity index (χ0n) is 34.0. The number of aryl methyl sites for hydroxylation is 2. The van der Waals surface area contributed by atoms with Gasteiger partial charge in [0.1, 0.15) is 22.9 Å². The number of nitrogens with zero attached hydrogens (tertiary/aromatic N) is 5. The number of benzene rings is 6. The number of azo groups is 1. The van der Waals surface area contributed by atoms with Crippen LogP contribution >= 0.6 is 0 Å². The zero-order valence-corrected chi connectivity index (χ0v) is 36.8. The molecule has 0 spiro atoms. The molecule has 54 heavy (non-hydrogen) atoms. The Morgan fingerprint density at radius 1 is 0.593 bits per heavy atom. The van der Waals surface area contributed by atoms with Crippen molar-refractivity contribution >= 4 is 62.8 Å². The number of hydrogen-bond acceptors (Lipinski definition) is 8. The minimum absolute atomic E-state index is 0. The van der Waals surface area contributed by atoms with Gasteiger partial charge in [-0.05, 0) is 43.3 Å². The fraction of sp³-hybridized carbons (Fsp3) is 0.289. The Morgan fingerprint density at radius 2 is 0.963 bits per heavy atom. The summed E-state index contributed by atoms with van der Waals surface area (Å²) in [4.78, 5) is 7.44. The molecule has 6 rings (SSSR count). The maximum atomic E-state index is 9.72. The molecule has 0 aliphatic rings. The molecule has 8 nitrogen and oxygen atoms in total. The van der Waals surface area contributed by atoms with Crippen LogP contribution < -0.4 is 0 Å². The van der Waals surface area contributed by atoms with E-state index in [0.29, 0.717) is 11.4 Å². The van der Waals surface area contributed by atoms with Gasteiger partial charge in [-0.15, -0.1) is 34.5 Å². The first-order valence-electron chi connectivity index (χ1n) is 17.9. The smallest absolute Gasteiger partial charge is 0.148 e. The Bertz CT molecular complexity index is 1920. The standard InChI is InChI=1S/C13H13N2.2C11H9NO.3C3H8.CH4N2.Y/c1-9-4-5-11-6-7-12(15-14-3)8-13(11)10(9)2;2*1-12-10-7-6-8-4-2-3-5-9(8)11(10)13;4*1-3-2;/h4-7H,1-3H3;2*2-7,13H,1H2;3*3H2,1-2H3;2H,1H3;/q-1;;;;;;;.